The van der Waals surface area contributed by atoms with Gasteiger partial charge in [0, 0.05) is 40.3 Å². The van der Waals surface area contributed by atoms with Crippen LogP contribution in [0.5, 0.6) is 0 Å². The predicted molar refractivity (Wildman–Crippen MR) is 97.2 cm³/mol. The molecule has 0 aliphatic heterocycles. The first-order valence-electron chi connectivity index (χ1n) is 7.26. The van der Waals surface area contributed by atoms with Crippen LogP contribution in [0.25, 0.3) is 22.3 Å². The van der Waals surface area contributed by atoms with E-state index in [2.05, 4.69) is 0 Å². The molecule has 0 unspecified atom stereocenters. The van der Waals surface area contributed by atoms with Gasteiger partial charge in [0.15, 0.2) is 0 Å². The smallest absolute Gasteiger partial charge is 0.269 e. The van der Waals surface area contributed by atoms with Gasteiger partial charge >= 0.3 is 0 Å². The Labute approximate surface area is 138 Å². The van der Waals surface area contributed by atoms with Crippen LogP contribution in [-0.4, -0.2) is 4.92 Å². The SMILES string of the molecule is Nc1cccc(-c2c(N)ccc(N)c2-c2ccc([N+](=O)[O-])cc2)c1. The molecule has 0 saturated heterocycles. The van der Waals surface area contributed by atoms with Crippen LogP contribution in [0.15, 0.2) is 60.7 Å². The summed E-state index contributed by atoms with van der Waals surface area (Å²) < 4.78 is 0. The molecule has 3 rings (SSSR count). The minimum absolute atomic E-state index is 0.0201. The first-order chi connectivity index (χ1) is 11.5. The van der Waals surface area contributed by atoms with Crippen LogP contribution < -0.4 is 17.2 Å². The summed E-state index contributed by atoms with van der Waals surface area (Å²) in [6.45, 7) is 0. The zero-order chi connectivity index (χ0) is 17.3. The number of rotatable bonds is 3. The average Bonchev–Trinajstić information content (AvgIpc) is 2.56. The normalized spacial score (nSPS) is 10.5. The van der Waals surface area contributed by atoms with Crippen LogP contribution in [0, 0.1) is 10.1 Å². The van der Waals surface area contributed by atoms with Gasteiger partial charge in [-0.1, -0.05) is 12.1 Å². The minimum Gasteiger partial charge on any atom is -0.399 e. The fourth-order valence-electron chi connectivity index (χ4n) is 2.70. The highest BCUT2D eigenvalue weighted by molar-refractivity contribution is 5.97. The van der Waals surface area contributed by atoms with Crippen molar-refractivity contribution in [3.8, 4) is 22.3 Å². The van der Waals surface area contributed by atoms with Crippen molar-refractivity contribution in [1.29, 1.82) is 0 Å². The van der Waals surface area contributed by atoms with E-state index in [0.29, 0.717) is 17.1 Å². The summed E-state index contributed by atoms with van der Waals surface area (Å²) in [5, 5.41) is 10.8. The second-order valence-corrected chi connectivity index (χ2v) is 5.42. The van der Waals surface area contributed by atoms with Crippen molar-refractivity contribution >= 4 is 22.7 Å². The molecular weight excluding hydrogens is 304 g/mol. The number of hydrogen-bond acceptors (Lipinski definition) is 5. The van der Waals surface area contributed by atoms with E-state index in [-0.39, 0.29) is 5.69 Å². The van der Waals surface area contributed by atoms with Crippen LogP contribution in [-0.2, 0) is 0 Å². The molecule has 3 aromatic carbocycles. The van der Waals surface area contributed by atoms with E-state index in [1.54, 1.807) is 30.3 Å². The van der Waals surface area contributed by atoms with E-state index in [0.717, 1.165) is 22.3 Å². The number of non-ortho nitro benzene ring substituents is 1. The van der Waals surface area contributed by atoms with E-state index in [1.165, 1.54) is 12.1 Å². The Morgan fingerprint density at radius 1 is 0.750 bits per heavy atom. The van der Waals surface area contributed by atoms with Crippen molar-refractivity contribution < 1.29 is 4.92 Å². The molecule has 0 aliphatic rings. The van der Waals surface area contributed by atoms with Crippen molar-refractivity contribution in [3.05, 3.63) is 70.8 Å². The molecule has 6 heteroatoms. The number of nitrogens with zero attached hydrogens (tertiary/aromatic N) is 1. The van der Waals surface area contributed by atoms with Crippen molar-refractivity contribution in [1.82, 2.24) is 0 Å². The number of nitrogens with two attached hydrogens (primary N) is 3. The fraction of sp³-hybridized carbons (Fsp3) is 0. The van der Waals surface area contributed by atoms with Crippen LogP contribution in [0.4, 0.5) is 22.7 Å². The van der Waals surface area contributed by atoms with Crippen LogP contribution >= 0.6 is 0 Å². The Bertz CT molecular complexity index is 921. The molecule has 0 heterocycles. The zero-order valence-corrected chi connectivity index (χ0v) is 12.8. The van der Waals surface area contributed by atoms with Crippen LogP contribution in [0.3, 0.4) is 0 Å². The molecule has 0 atom stereocenters. The van der Waals surface area contributed by atoms with Gasteiger partial charge in [0.2, 0.25) is 0 Å². The third-order valence-corrected chi connectivity index (χ3v) is 3.81. The van der Waals surface area contributed by atoms with Crippen LogP contribution in [0.1, 0.15) is 0 Å². The summed E-state index contributed by atoms with van der Waals surface area (Å²) in [5.41, 5.74) is 23.1. The number of hydrogen-bond donors (Lipinski definition) is 3. The predicted octanol–water partition coefficient (Wildman–Crippen LogP) is 3.68. The van der Waals surface area contributed by atoms with E-state index < -0.39 is 4.92 Å². The number of nitro groups is 1. The Hall–Kier alpha value is -3.54. The molecule has 6 nitrogen and oxygen atoms in total. The Kier molecular flexibility index (Phi) is 3.79. The minimum atomic E-state index is -0.439. The summed E-state index contributed by atoms with van der Waals surface area (Å²) >= 11 is 0. The third-order valence-electron chi connectivity index (χ3n) is 3.81. The Morgan fingerprint density at radius 2 is 1.33 bits per heavy atom. The number of nitrogen functional groups attached to an aromatic ring is 3. The monoisotopic (exact) mass is 320 g/mol. The third kappa shape index (κ3) is 2.72. The Morgan fingerprint density at radius 3 is 1.88 bits per heavy atom. The van der Waals surface area contributed by atoms with Gasteiger partial charge in [0.25, 0.3) is 5.69 Å². The summed E-state index contributed by atoms with van der Waals surface area (Å²) in [5.74, 6) is 0. The van der Waals surface area contributed by atoms with Gasteiger partial charge < -0.3 is 17.2 Å². The highest BCUT2D eigenvalue weighted by Gasteiger charge is 2.15. The molecule has 3 aromatic rings. The maximum atomic E-state index is 10.8. The lowest BCUT2D eigenvalue weighted by Gasteiger charge is -2.16. The van der Waals surface area contributed by atoms with Gasteiger partial charge in [0.05, 0.1) is 4.92 Å². The highest BCUT2D eigenvalue weighted by Crippen LogP contribution is 2.41. The zero-order valence-electron chi connectivity index (χ0n) is 12.8. The molecule has 0 aromatic heterocycles. The standard InChI is InChI=1S/C18H16N4O2/c19-13-3-1-2-12(10-13)18-16(21)9-8-15(20)17(18)11-4-6-14(7-5-11)22(23)24/h1-10H,19-21H2. The molecule has 0 amide bonds. The van der Waals surface area contributed by atoms with E-state index >= 15 is 0 Å². The van der Waals surface area contributed by atoms with E-state index in [9.17, 15) is 10.1 Å². The van der Waals surface area contributed by atoms with E-state index in [4.69, 9.17) is 17.2 Å². The van der Waals surface area contributed by atoms with Gasteiger partial charge in [-0.2, -0.15) is 0 Å². The van der Waals surface area contributed by atoms with Crippen molar-refractivity contribution in [3.63, 3.8) is 0 Å². The molecule has 0 spiro atoms. The summed E-state index contributed by atoms with van der Waals surface area (Å²) in [6, 6.07) is 17.0. The first-order valence-corrected chi connectivity index (χ1v) is 7.26. The maximum Gasteiger partial charge on any atom is 0.269 e. The largest absolute Gasteiger partial charge is 0.399 e. The molecular formula is C18H16N4O2. The number of benzene rings is 3. The maximum absolute atomic E-state index is 10.8. The molecule has 0 bridgehead atoms. The van der Waals surface area contributed by atoms with Gasteiger partial charge in [-0.15, -0.1) is 0 Å². The van der Waals surface area contributed by atoms with Gasteiger partial charge in [0.1, 0.15) is 0 Å². The molecule has 0 saturated carbocycles. The lowest BCUT2D eigenvalue weighted by Crippen LogP contribution is -1.99. The van der Waals surface area contributed by atoms with Crippen molar-refractivity contribution in [2.24, 2.45) is 0 Å². The number of anilines is 3. The lowest BCUT2D eigenvalue weighted by atomic mass is 9.91. The van der Waals surface area contributed by atoms with Gasteiger partial charge in [-0.25, -0.2) is 0 Å². The summed E-state index contributed by atoms with van der Waals surface area (Å²) in [6.07, 6.45) is 0. The van der Waals surface area contributed by atoms with Gasteiger partial charge in [-0.05, 0) is 47.5 Å². The quantitative estimate of drug-likeness (QED) is 0.386. The fourth-order valence-corrected chi connectivity index (χ4v) is 2.70. The second kappa shape index (κ2) is 5.92. The summed E-state index contributed by atoms with van der Waals surface area (Å²) in [4.78, 5) is 10.4. The van der Waals surface area contributed by atoms with Gasteiger partial charge in [-0.3, -0.25) is 10.1 Å². The molecule has 0 radical (unpaired) electrons. The average molecular weight is 320 g/mol. The molecule has 0 fully saturated rings. The lowest BCUT2D eigenvalue weighted by molar-refractivity contribution is -0.384. The highest BCUT2D eigenvalue weighted by atomic mass is 16.6. The number of nitro benzene ring substituents is 1. The summed E-state index contributed by atoms with van der Waals surface area (Å²) in [7, 11) is 0. The van der Waals surface area contributed by atoms with Crippen molar-refractivity contribution in [2.75, 3.05) is 17.2 Å². The second-order valence-electron chi connectivity index (χ2n) is 5.42. The van der Waals surface area contributed by atoms with Crippen LogP contribution in [0.2, 0.25) is 0 Å². The molecule has 6 N–H and O–H groups in total. The molecule has 120 valence electrons. The topological polar surface area (TPSA) is 121 Å². The molecule has 0 aliphatic carbocycles. The van der Waals surface area contributed by atoms with Crippen molar-refractivity contribution in [2.45, 2.75) is 0 Å². The first kappa shape index (κ1) is 15.4. The molecule has 24 heavy (non-hydrogen) atoms. The Balaban J connectivity index is 2.24. The van der Waals surface area contributed by atoms with E-state index in [1.807, 2.05) is 18.2 Å².